The fraction of sp³-hybridized carbons (Fsp3) is 0.944. The van der Waals surface area contributed by atoms with E-state index >= 15 is 0 Å². The molecule has 0 bridgehead atoms. The van der Waals surface area contributed by atoms with Crippen LogP contribution in [0.2, 0.25) is 0 Å². The van der Waals surface area contributed by atoms with Crippen LogP contribution in [0.5, 0.6) is 0 Å². The highest BCUT2D eigenvalue weighted by molar-refractivity contribution is 7.99. The molecule has 16 N–H and O–H groups in total. The van der Waals surface area contributed by atoms with Crippen LogP contribution >= 0.6 is 11.8 Å². The summed E-state index contributed by atoms with van der Waals surface area (Å²) in [5, 5.41) is 154. The Morgan fingerprint density at radius 1 is 0.469 bits per heavy atom. The molecular formula is C36H62N2O25S. The molecule has 372 valence electrons. The third kappa shape index (κ3) is 11.8. The second-order valence-corrected chi connectivity index (χ2v) is 17.3. The normalized spacial score (nSPS) is 47.8. The van der Waals surface area contributed by atoms with Crippen molar-refractivity contribution in [2.45, 2.75) is 173 Å². The Morgan fingerprint density at radius 2 is 0.891 bits per heavy atom. The molecule has 5 aliphatic rings. The average Bonchev–Trinajstić information content (AvgIpc) is 3.26. The topological polar surface area (TPSA) is 424 Å². The van der Waals surface area contributed by atoms with Gasteiger partial charge in [0.15, 0.2) is 25.2 Å². The minimum atomic E-state index is -2.16. The van der Waals surface area contributed by atoms with E-state index in [-0.39, 0.29) is 0 Å². The first-order valence-electron chi connectivity index (χ1n) is 20.6. The molecule has 0 aromatic carbocycles. The van der Waals surface area contributed by atoms with E-state index in [2.05, 4.69) is 10.6 Å². The van der Waals surface area contributed by atoms with Gasteiger partial charge < -0.3 is 125 Å². The molecule has 0 aliphatic carbocycles. The lowest BCUT2D eigenvalue weighted by atomic mass is 9.94. The highest BCUT2D eigenvalue weighted by Gasteiger charge is 2.56. The van der Waals surface area contributed by atoms with Crippen LogP contribution in [0.25, 0.3) is 0 Å². The predicted octanol–water partition coefficient (Wildman–Crippen LogP) is -9.88. The molecular weight excluding hydrogens is 892 g/mol. The van der Waals surface area contributed by atoms with Gasteiger partial charge in [0, 0.05) is 13.8 Å². The molecule has 0 spiro atoms. The Hall–Kier alpha value is -1.63. The van der Waals surface area contributed by atoms with E-state index in [1.165, 1.54) is 18.7 Å². The van der Waals surface area contributed by atoms with Crippen LogP contribution in [0.3, 0.4) is 0 Å². The number of aliphatic hydroxyl groups excluding tert-OH is 14. The molecule has 64 heavy (non-hydrogen) atoms. The van der Waals surface area contributed by atoms with Crippen LogP contribution in [-0.4, -0.2) is 275 Å². The Balaban J connectivity index is 1.42. The highest BCUT2D eigenvalue weighted by atomic mass is 32.2. The van der Waals surface area contributed by atoms with Crippen molar-refractivity contribution in [3.63, 3.8) is 0 Å². The first-order chi connectivity index (χ1) is 30.3. The van der Waals surface area contributed by atoms with Gasteiger partial charge in [0.05, 0.1) is 39.1 Å². The number of hydrogen-bond donors (Lipinski definition) is 16. The highest BCUT2D eigenvalue weighted by Crippen LogP contribution is 2.36. The first-order valence-corrected chi connectivity index (χ1v) is 21.6. The Morgan fingerprint density at radius 3 is 1.42 bits per heavy atom. The summed E-state index contributed by atoms with van der Waals surface area (Å²) in [5.74, 6) is -0.795. The molecule has 25 atom stereocenters. The fourth-order valence-corrected chi connectivity index (χ4v) is 9.01. The molecule has 5 heterocycles. The van der Waals surface area contributed by atoms with Crippen molar-refractivity contribution >= 4 is 23.6 Å². The van der Waals surface area contributed by atoms with E-state index in [9.17, 15) is 81.1 Å². The van der Waals surface area contributed by atoms with Crippen molar-refractivity contribution in [1.29, 1.82) is 0 Å². The van der Waals surface area contributed by atoms with Gasteiger partial charge in [-0.3, -0.25) is 9.59 Å². The lowest BCUT2D eigenvalue weighted by Crippen LogP contribution is -2.70. The van der Waals surface area contributed by atoms with Gasteiger partial charge in [-0.1, -0.05) is 6.92 Å². The predicted molar refractivity (Wildman–Crippen MR) is 206 cm³/mol. The Kier molecular flexibility index (Phi) is 19.7. The molecule has 0 aromatic rings. The second kappa shape index (κ2) is 23.6. The largest absolute Gasteiger partial charge is 0.394 e. The third-order valence-electron chi connectivity index (χ3n) is 11.4. The van der Waals surface area contributed by atoms with Gasteiger partial charge in [-0.25, -0.2) is 0 Å². The third-order valence-corrected chi connectivity index (χ3v) is 12.5. The number of nitrogens with one attached hydrogen (secondary N) is 2. The number of amides is 2. The van der Waals surface area contributed by atoms with E-state index in [1.54, 1.807) is 6.92 Å². The Bertz CT molecular complexity index is 1480. The van der Waals surface area contributed by atoms with Crippen molar-refractivity contribution < 1.29 is 124 Å². The minimum absolute atomic E-state index is 0.490. The molecule has 0 unspecified atom stereocenters. The van der Waals surface area contributed by atoms with Gasteiger partial charge in [0.25, 0.3) is 0 Å². The van der Waals surface area contributed by atoms with E-state index in [4.69, 9.17) is 42.6 Å². The quantitative estimate of drug-likeness (QED) is 0.0644. The van der Waals surface area contributed by atoms with Crippen molar-refractivity contribution in [1.82, 2.24) is 10.6 Å². The number of ether oxygens (including phenoxy) is 9. The molecule has 0 radical (unpaired) electrons. The lowest BCUT2D eigenvalue weighted by Gasteiger charge is -2.50. The summed E-state index contributed by atoms with van der Waals surface area (Å²) in [5.41, 5.74) is -0.840. The summed E-state index contributed by atoms with van der Waals surface area (Å²) in [6.07, 6.45) is -39.4. The van der Waals surface area contributed by atoms with E-state index < -0.39 is 197 Å². The van der Waals surface area contributed by atoms with Crippen molar-refractivity contribution in [2.75, 3.05) is 38.8 Å². The van der Waals surface area contributed by atoms with Gasteiger partial charge in [-0.15, -0.1) is 11.8 Å². The SMILES string of the molecule is CCS[C@@H]1O[C@H](CO)[C@@H](O[C@@H]2O[C@H](CO)[C@@H](O[C@@H]3O[C@H](CO[C@H]4O[C@H](CO)[C@@H](O)[C@H](O)[C@@H]4O)[C@@H](O)[C@H](O[C@H]4O[C@H](CO)[C@@H](O)[C@H](O)[C@@H]4O)[C@@H]3O)[C@H](O)[C@H]2NC(C)=O)[C@H](O)[C@H]1NC(C)=O. The standard InChI is InChI=1S/C36H62N2O25S/c1-4-64-36-18(38-11(3)44)23(49)30(15(8-42)60-36)61-32-17(37-10(2)43)22(48)29(14(7-41)58-32)62-35-28(54)31(63-34-27(53)25(51)20(46)13(6-40)57-34)21(47)16(59-35)9-55-33-26(52)24(50)19(45)12(5-39)56-33/h12-36,39-42,45-54H,4-9H2,1-3H3,(H,37,43)(H,38,44)/t12-,13-,14-,15-,16-,17-,18-,19-,20-,21-,22-,23-,24+,25+,26+,27+,28+,29-,30-,31+,32+,33+,34-,35+,36+/m1/s1. The van der Waals surface area contributed by atoms with Gasteiger partial charge in [-0.2, -0.15) is 0 Å². The van der Waals surface area contributed by atoms with Crippen LogP contribution < -0.4 is 10.6 Å². The summed E-state index contributed by atoms with van der Waals surface area (Å²) in [7, 11) is 0. The number of hydrogen-bond acceptors (Lipinski definition) is 26. The molecule has 27 nitrogen and oxygen atoms in total. The van der Waals surface area contributed by atoms with E-state index in [1.807, 2.05) is 0 Å². The van der Waals surface area contributed by atoms with Crippen LogP contribution in [0.15, 0.2) is 0 Å². The molecule has 5 saturated heterocycles. The number of carbonyl (C=O) groups is 2. The van der Waals surface area contributed by atoms with Gasteiger partial charge >= 0.3 is 0 Å². The summed E-state index contributed by atoms with van der Waals surface area (Å²) in [6, 6.07) is -2.71. The average molecular weight is 955 g/mol. The minimum Gasteiger partial charge on any atom is -0.394 e. The zero-order valence-electron chi connectivity index (χ0n) is 34.8. The summed E-state index contributed by atoms with van der Waals surface area (Å²) < 4.78 is 52.0. The van der Waals surface area contributed by atoms with Gasteiger partial charge in [0.2, 0.25) is 11.8 Å². The maximum absolute atomic E-state index is 12.5. The first kappa shape index (κ1) is 53.3. The molecule has 5 fully saturated rings. The van der Waals surface area contributed by atoms with Crippen LogP contribution in [-0.2, 0) is 52.2 Å². The van der Waals surface area contributed by atoms with Gasteiger partial charge in [-0.05, 0) is 5.75 Å². The number of aliphatic hydroxyl groups is 14. The molecule has 28 heteroatoms. The molecule has 2 amide bonds. The molecule has 0 saturated carbocycles. The number of carbonyl (C=O) groups excluding carboxylic acids is 2. The van der Waals surface area contributed by atoms with E-state index in [0.717, 1.165) is 6.92 Å². The van der Waals surface area contributed by atoms with Crippen molar-refractivity contribution in [2.24, 2.45) is 0 Å². The summed E-state index contributed by atoms with van der Waals surface area (Å²) in [6.45, 7) is -0.113. The monoisotopic (exact) mass is 954 g/mol. The maximum atomic E-state index is 12.5. The van der Waals surface area contributed by atoms with Crippen LogP contribution in [0, 0.1) is 0 Å². The van der Waals surface area contributed by atoms with Crippen molar-refractivity contribution in [3.8, 4) is 0 Å². The summed E-state index contributed by atoms with van der Waals surface area (Å²) in [4.78, 5) is 24.6. The second-order valence-electron chi connectivity index (χ2n) is 15.9. The number of thioether (sulfide) groups is 1. The zero-order chi connectivity index (χ0) is 47.3. The molecule has 5 aliphatic heterocycles. The summed E-state index contributed by atoms with van der Waals surface area (Å²) >= 11 is 1.22. The molecule has 0 aromatic heterocycles. The Labute approximate surface area is 369 Å². The van der Waals surface area contributed by atoms with Crippen molar-refractivity contribution in [3.05, 3.63) is 0 Å². The lowest BCUT2D eigenvalue weighted by molar-refractivity contribution is -0.383. The fourth-order valence-electron chi connectivity index (χ4n) is 8.02. The van der Waals surface area contributed by atoms with Crippen LogP contribution in [0.1, 0.15) is 20.8 Å². The van der Waals surface area contributed by atoms with Crippen LogP contribution in [0.4, 0.5) is 0 Å². The zero-order valence-corrected chi connectivity index (χ0v) is 35.7. The maximum Gasteiger partial charge on any atom is 0.217 e. The number of rotatable bonds is 17. The van der Waals surface area contributed by atoms with Gasteiger partial charge in [0.1, 0.15) is 121 Å². The smallest absolute Gasteiger partial charge is 0.217 e. The molecule has 5 rings (SSSR count). The van der Waals surface area contributed by atoms with E-state index in [0.29, 0.717) is 5.75 Å².